The van der Waals surface area contributed by atoms with Crippen LogP contribution in [-0.4, -0.2) is 9.97 Å². The number of azo groups is 1. The minimum atomic E-state index is -0.194. The number of nitrogen functional groups attached to an aromatic ring is 2. The van der Waals surface area contributed by atoms with Crippen molar-refractivity contribution in [3.8, 4) is 0 Å². The van der Waals surface area contributed by atoms with E-state index in [9.17, 15) is 4.79 Å². The Hall–Kier alpha value is -1.97. The zero-order valence-corrected chi connectivity index (χ0v) is 11.2. The third kappa shape index (κ3) is 2.64. The molecule has 0 aliphatic carbocycles. The number of rotatable bonds is 2. The first kappa shape index (κ1) is 12.5. The second kappa shape index (κ2) is 5.12. The van der Waals surface area contributed by atoms with Crippen LogP contribution in [0.3, 0.4) is 0 Å². The SMILES string of the molecule is Nc1ccc(N=Nc2c[nH]cc(I)c2=O)c(N)n1. The lowest BCUT2D eigenvalue weighted by Gasteiger charge is -1.98. The van der Waals surface area contributed by atoms with Gasteiger partial charge in [-0.25, -0.2) is 4.98 Å². The number of pyridine rings is 2. The van der Waals surface area contributed by atoms with E-state index in [0.29, 0.717) is 15.1 Å². The Morgan fingerprint density at radius 1 is 1.17 bits per heavy atom. The second-order valence-corrected chi connectivity index (χ2v) is 4.52. The van der Waals surface area contributed by atoms with Gasteiger partial charge in [-0.1, -0.05) is 0 Å². The molecule has 5 N–H and O–H groups in total. The summed E-state index contributed by atoms with van der Waals surface area (Å²) in [6.45, 7) is 0. The Balaban J connectivity index is 2.36. The summed E-state index contributed by atoms with van der Waals surface area (Å²) in [6, 6.07) is 3.15. The molecule has 0 aliphatic heterocycles. The van der Waals surface area contributed by atoms with Gasteiger partial charge < -0.3 is 16.5 Å². The smallest absolute Gasteiger partial charge is 0.222 e. The lowest BCUT2D eigenvalue weighted by atomic mass is 10.4. The Bertz CT molecular complexity index is 666. The Kier molecular flexibility index (Phi) is 3.55. The van der Waals surface area contributed by atoms with E-state index in [0.717, 1.165) is 0 Å². The van der Waals surface area contributed by atoms with Gasteiger partial charge in [0.15, 0.2) is 11.5 Å². The molecule has 8 heteroatoms. The fraction of sp³-hybridized carbons (Fsp3) is 0. The molecule has 0 bridgehead atoms. The summed E-state index contributed by atoms with van der Waals surface area (Å²) in [4.78, 5) is 18.3. The van der Waals surface area contributed by atoms with Crippen molar-refractivity contribution in [2.24, 2.45) is 10.2 Å². The molecule has 0 fully saturated rings. The highest BCUT2D eigenvalue weighted by Crippen LogP contribution is 2.22. The zero-order chi connectivity index (χ0) is 13.1. The third-order valence-electron chi connectivity index (χ3n) is 2.07. The van der Waals surface area contributed by atoms with Gasteiger partial charge in [-0.05, 0) is 34.7 Å². The van der Waals surface area contributed by atoms with E-state index in [1.807, 2.05) is 22.6 Å². The minimum absolute atomic E-state index is 0.167. The second-order valence-electron chi connectivity index (χ2n) is 3.36. The van der Waals surface area contributed by atoms with Gasteiger partial charge >= 0.3 is 0 Å². The van der Waals surface area contributed by atoms with Crippen LogP contribution in [0.25, 0.3) is 0 Å². The van der Waals surface area contributed by atoms with Crippen molar-refractivity contribution in [2.75, 3.05) is 11.5 Å². The summed E-state index contributed by atoms with van der Waals surface area (Å²) in [7, 11) is 0. The van der Waals surface area contributed by atoms with Crippen molar-refractivity contribution in [1.82, 2.24) is 9.97 Å². The van der Waals surface area contributed by atoms with Crippen molar-refractivity contribution < 1.29 is 0 Å². The fourth-order valence-corrected chi connectivity index (χ4v) is 1.65. The normalized spacial score (nSPS) is 10.9. The van der Waals surface area contributed by atoms with Crippen molar-refractivity contribution >= 4 is 45.6 Å². The van der Waals surface area contributed by atoms with Gasteiger partial charge in [0.1, 0.15) is 11.5 Å². The first-order valence-corrected chi connectivity index (χ1v) is 5.96. The first-order valence-electron chi connectivity index (χ1n) is 4.88. The highest BCUT2D eigenvalue weighted by atomic mass is 127. The zero-order valence-electron chi connectivity index (χ0n) is 9.09. The molecule has 7 nitrogen and oxygen atoms in total. The third-order valence-corrected chi connectivity index (χ3v) is 2.87. The van der Waals surface area contributed by atoms with Crippen LogP contribution in [-0.2, 0) is 0 Å². The highest BCUT2D eigenvalue weighted by molar-refractivity contribution is 14.1. The molecule has 2 aromatic rings. The van der Waals surface area contributed by atoms with Gasteiger partial charge in [0.2, 0.25) is 5.43 Å². The summed E-state index contributed by atoms with van der Waals surface area (Å²) in [6.07, 6.45) is 3.05. The van der Waals surface area contributed by atoms with Crippen LogP contribution in [0.2, 0.25) is 0 Å². The van der Waals surface area contributed by atoms with E-state index in [1.54, 1.807) is 18.3 Å². The van der Waals surface area contributed by atoms with Crippen LogP contribution >= 0.6 is 22.6 Å². The molecule has 2 aromatic heterocycles. The van der Waals surface area contributed by atoms with E-state index >= 15 is 0 Å². The average Bonchev–Trinajstić information content (AvgIpc) is 2.33. The van der Waals surface area contributed by atoms with Crippen LogP contribution in [0.4, 0.5) is 23.0 Å². The molecule has 18 heavy (non-hydrogen) atoms. The summed E-state index contributed by atoms with van der Waals surface area (Å²) in [5.41, 5.74) is 11.5. The Labute approximate surface area is 115 Å². The number of hydrogen-bond donors (Lipinski definition) is 3. The van der Waals surface area contributed by atoms with Crippen LogP contribution in [0.5, 0.6) is 0 Å². The summed E-state index contributed by atoms with van der Waals surface area (Å²) < 4.78 is 0.535. The molecule has 92 valence electrons. The number of aromatic nitrogens is 2. The van der Waals surface area contributed by atoms with E-state index in [2.05, 4.69) is 20.2 Å². The first-order chi connectivity index (χ1) is 8.58. The van der Waals surface area contributed by atoms with Crippen molar-refractivity contribution in [3.05, 3.63) is 38.3 Å². The van der Waals surface area contributed by atoms with Crippen LogP contribution in [0.15, 0.2) is 39.5 Å². The van der Waals surface area contributed by atoms with Crippen molar-refractivity contribution in [2.45, 2.75) is 0 Å². The Morgan fingerprint density at radius 2 is 1.89 bits per heavy atom. The molecule has 0 unspecified atom stereocenters. The quantitative estimate of drug-likeness (QED) is 0.562. The monoisotopic (exact) mass is 356 g/mol. The lowest BCUT2D eigenvalue weighted by molar-refractivity contribution is 1.16. The molecule has 0 atom stereocenters. The maximum Gasteiger partial charge on any atom is 0.222 e. The van der Waals surface area contributed by atoms with E-state index in [4.69, 9.17) is 11.5 Å². The predicted octanol–water partition coefficient (Wildman–Crippen LogP) is 1.95. The number of nitrogens with zero attached hydrogens (tertiary/aromatic N) is 3. The molecule has 0 saturated heterocycles. The maximum atomic E-state index is 11.7. The van der Waals surface area contributed by atoms with E-state index in [1.165, 1.54) is 6.20 Å². The molecule has 2 rings (SSSR count). The van der Waals surface area contributed by atoms with Gasteiger partial charge in [0.05, 0.1) is 3.57 Å². The van der Waals surface area contributed by atoms with Crippen molar-refractivity contribution in [3.63, 3.8) is 0 Å². The van der Waals surface area contributed by atoms with Crippen molar-refractivity contribution in [1.29, 1.82) is 0 Å². The molecule has 2 heterocycles. The topological polar surface area (TPSA) is 123 Å². The molecule has 0 amide bonds. The fourth-order valence-electron chi connectivity index (χ4n) is 1.20. The predicted molar refractivity (Wildman–Crippen MR) is 77.0 cm³/mol. The number of anilines is 2. The molecular formula is C10H9IN6O. The molecule has 0 aromatic carbocycles. The molecular weight excluding hydrogens is 347 g/mol. The number of H-pyrrole nitrogens is 1. The number of halogens is 1. The number of aromatic amines is 1. The lowest BCUT2D eigenvalue weighted by Crippen LogP contribution is -2.03. The van der Waals surface area contributed by atoms with Crippen LogP contribution < -0.4 is 16.9 Å². The van der Waals surface area contributed by atoms with Gasteiger partial charge in [-0.2, -0.15) is 0 Å². The molecule has 0 spiro atoms. The number of nitrogens with two attached hydrogens (primary N) is 2. The maximum absolute atomic E-state index is 11.7. The molecule has 0 saturated carbocycles. The van der Waals surface area contributed by atoms with Gasteiger partial charge in [0, 0.05) is 12.4 Å². The summed E-state index contributed by atoms with van der Waals surface area (Å²) >= 11 is 1.92. The average molecular weight is 356 g/mol. The summed E-state index contributed by atoms with van der Waals surface area (Å²) in [5, 5.41) is 7.72. The van der Waals surface area contributed by atoms with E-state index in [-0.39, 0.29) is 16.9 Å². The van der Waals surface area contributed by atoms with E-state index < -0.39 is 0 Å². The highest BCUT2D eigenvalue weighted by Gasteiger charge is 2.03. The van der Waals surface area contributed by atoms with Crippen LogP contribution in [0, 0.1) is 3.57 Å². The van der Waals surface area contributed by atoms with Gasteiger partial charge in [0.25, 0.3) is 0 Å². The molecule has 0 radical (unpaired) electrons. The standard InChI is InChI=1S/C10H9IN6O/c11-5-3-14-4-7(9(5)18)17-16-6-1-2-8(12)15-10(6)13/h1-4H,(H,14,18)(H4,12,13,15). The number of hydrogen-bond acceptors (Lipinski definition) is 6. The van der Waals surface area contributed by atoms with Gasteiger partial charge in [-0.3, -0.25) is 4.79 Å². The molecule has 0 aliphatic rings. The largest absolute Gasteiger partial charge is 0.384 e. The Morgan fingerprint density at radius 3 is 2.61 bits per heavy atom. The number of nitrogens with one attached hydrogen (secondary N) is 1. The minimum Gasteiger partial charge on any atom is -0.384 e. The van der Waals surface area contributed by atoms with Crippen LogP contribution in [0.1, 0.15) is 0 Å². The van der Waals surface area contributed by atoms with Gasteiger partial charge in [-0.15, -0.1) is 10.2 Å². The summed E-state index contributed by atoms with van der Waals surface area (Å²) in [5.74, 6) is 0.472.